The number of ether oxygens (including phenoxy) is 2. The normalized spacial score (nSPS) is 12.5. The van der Waals surface area contributed by atoms with Crippen LogP contribution in [0, 0.1) is 6.92 Å². The van der Waals surface area contributed by atoms with Crippen LogP contribution in [0.25, 0.3) is 0 Å². The molecule has 0 bridgehead atoms. The maximum absolute atomic E-state index is 5.77. The van der Waals surface area contributed by atoms with E-state index in [1.54, 1.807) is 11.7 Å². The Hall–Kier alpha value is -1.14. The molecule has 0 saturated heterocycles. The van der Waals surface area contributed by atoms with Gasteiger partial charge in [0.05, 0.1) is 17.9 Å². The highest BCUT2D eigenvalue weighted by Crippen LogP contribution is 2.22. The Morgan fingerprint density at radius 2 is 2.24 bits per heavy atom. The van der Waals surface area contributed by atoms with E-state index in [1.165, 1.54) is 0 Å². The minimum atomic E-state index is -0.0714. The summed E-state index contributed by atoms with van der Waals surface area (Å²) in [6.45, 7) is 6.93. The molecule has 0 aromatic carbocycles. The molecule has 1 rings (SSSR count). The van der Waals surface area contributed by atoms with Crippen LogP contribution >= 0.6 is 12.2 Å². The molecule has 0 aliphatic carbocycles. The summed E-state index contributed by atoms with van der Waals surface area (Å²) in [4.78, 5) is 0.300. The zero-order valence-corrected chi connectivity index (χ0v) is 11.5. The minimum Gasteiger partial charge on any atom is -0.472 e. The Kier molecular flexibility index (Phi) is 4.89. The Balaban J connectivity index is 2.86. The lowest BCUT2D eigenvalue weighted by atomic mass is 10.2. The fraction of sp³-hybridized carbons (Fsp3) is 0.636. The molecule has 0 aliphatic rings. The molecule has 6 heteroatoms. The van der Waals surface area contributed by atoms with Gasteiger partial charge in [0.2, 0.25) is 5.88 Å². The van der Waals surface area contributed by atoms with Gasteiger partial charge >= 0.3 is 0 Å². The van der Waals surface area contributed by atoms with Gasteiger partial charge in [-0.15, -0.1) is 0 Å². The molecule has 1 atom stereocenters. The summed E-state index contributed by atoms with van der Waals surface area (Å²) < 4.78 is 12.7. The summed E-state index contributed by atoms with van der Waals surface area (Å²) in [5, 5.41) is 4.25. The van der Waals surface area contributed by atoms with Gasteiger partial charge in [-0.05, 0) is 20.8 Å². The van der Waals surface area contributed by atoms with Crippen molar-refractivity contribution in [1.29, 1.82) is 0 Å². The zero-order valence-electron chi connectivity index (χ0n) is 10.7. The number of nitrogens with zero attached hydrogens (tertiary/aromatic N) is 2. The van der Waals surface area contributed by atoms with Crippen LogP contribution in [0.5, 0.6) is 5.88 Å². The molecule has 1 aromatic rings. The molecule has 1 aromatic heterocycles. The average Bonchev–Trinajstić information content (AvgIpc) is 2.51. The molecule has 1 unspecified atom stereocenters. The molecule has 1 heterocycles. The van der Waals surface area contributed by atoms with Crippen molar-refractivity contribution < 1.29 is 9.47 Å². The second-order valence-electron chi connectivity index (χ2n) is 3.84. The zero-order chi connectivity index (χ0) is 13.0. The highest BCUT2D eigenvalue weighted by Gasteiger charge is 2.19. The van der Waals surface area contributed by atoms with Gasteiger partial charge in [-0.1, -0.05) is 12.2 Å². The summed E-state index contributed by atoms with van der Waals surface area (Å²) >= 11 is 5.00. The summed E-state index contributed by atoms with van der Waals surface area (Å²) in [6.07, 6.45) is -0.0714. The first-order valence-electron chi connectivity index (χ1n) is 5.55. The van der Waals surface area contributed by atoms with Gasteiger partial charge in [0, 0.05) is 13.7 Å². The Morgan fingerprint density at radius 3 is 2.76 bits per heavy atom. The third-order valence-corrected chi connectivity index (χ3v) is 2.49. The van der Waals surface area contributed by atoms with E-state index in [-0.39, 0.29) is 6.10 Å². The van der Waals surface area contributed by atoms with Gasteiger partial charge in [0.25, 0.3) is 0 Å². The second-order valence-corrected chi connectivity index (χ2v) is 4.28. The third-order valence-electron chi connectivity index (χ3n) is 2.29. The van der Waals surface area contributed by atoms with Gasteiger partial charge in [-0.25, -0.2) is 4.68 Å². The van der Waals surface area contributed by atoms with Crippen molar-refractivity contribution in [1.82, 2.24) is 9.78 Å². The van der Waals surface area contributed by atoms with E-state index in [1.807, 2.05) is 20.8 Å². The lowest BCUT2D eigenvalue weighted by Crippen LogP contribution is -2.22. The summed E-state index contributed by atoms with van der Waals surface area (Å²) in [6, 6.07) is 0. The van der Waals surface area contributed by atoms with Crippen LogP contribution < -0.4 is 10.5 Å². The Labute approximate surface area is 107 Å². The van der Waals surface area contributed by atoms with E-state index in [2.05, 4.69) is 5.10 Å². The van der Waals surface area contributed by atoms with E-state index in [0.717, 1.165) is 5.69 Å². The van der Waals surface area contributed by atoms with E-state index >= 15 is 0 Å². The third kappa shape index (κ3) is 3.41. The minimum absolute atomic E-state index is 0.0714. The van der Waals surface area contributed by atoms with Crippen LogP contribution in [0.4, 0.5) is 0 Å². The monoisotopic (exact) mass is 257 g/mol. The van der Waals surface area contributed by atoms with Gasteiger partial charge in [-0.3, -0.25) is 0 Å². The first-order valence-corrected chi connectivity index (χ1v) is 5.96. The summed E-state index contributed by atoms with van der Waals surface area (Å²) in [7, 11) is 1.80. The molecule has 0 aliphatic heterocycles. The number of aryl methyl sites for hydroxylation is 2. The van der Waals surface area contributed by atoms with Crippen molar-refractivity contribution in [3.63, 3.8) is 0 Å². The fourth-order valence-electron chi connectivity index (χ4n) is 1.56. The van der Waals surface area contributed by atoms with E-state index in [0.29, 0.717) is 29.6 Å². The van der Waals surface area contributed by atoms with Crippen molar-refractivity contribution in [2.75, 3.05) is 13.2 Å². The van der Waals surface area contributed by atoms with Crippen LogP contribution in [0.3, 0.4) is 0 Å². The highest BCUT2D eigenvalue weighted by molar-refractivity contribution is 7.80. The molecule has 0 fully saturated rings. The van der Waals surface area contributed by atoms with E-state index in [9.17, 15) is 0 Å². The molecular weight excluding hydrogens is 238 g/mol. The Bertz CT molecular complexity index is 404. The van der Waals surface area contributed by atoms with Gasteiger partial charge in [-0.2, -0.15) is 5.10 Å². The molecule has 0 spiro atoms. The number of nitrogens with two attached hydrogens (primary N) is 1. The maximum atomic E-state index is 5.77. The summed E-state index contributed by atoms with van der Waals surface area (Å²) in [5.41, 5.74) is 7.15. The van der Waals surface area contributed by atoms with E-state index < -0.39 is 0 Å². The van der Waals surface area contributed by atoms with Gasteiger partial charge < -0.3 is 15.2 Å². The molecule has 17 heavy (non-hydrogen) atoms. The van der Waals surface area contributed by atoms with Crippen molar-refractivity contribution in [2.45, 2.75) is 26.9 Å². The molecule has 5 nitrogen and oxygen atoms in total. The first-order chi connectivity index (χ1) is 7.97. The van der Waals surface area contributed by atoms with Crippen molar-refractivity contribution in [3.8, 4) is 5.88 Å². The number of thiocarbonyl (C=S) groups is 1. The highest BCUT2D eigenvalue weighted by atomic mass is 32.1. The van der Waals surface area contributed by atoms with E-state index in [4.69, 9.17) is 27.4 Å². The number of hydrogen-bond donors (Lipinski definition) is 1. The molecule has 0 amide bonds. The molecule has 2 N–H and O–H groups in total. The topological polar surface area (TPSA) is 62.3 Å². The van der Waals surface area contributed by atoms with Gasteiger partial charge in [0.1, 0.15) is 11.1 Å². The largest absolute Gasteiger partial charge is 0.472 e. The number of hydrogen-bond acceptors (Lipinski definition) is 4. The van der Waals surface area contributed by atoms with Crippen LogP contribution in [-0.4, -0.2) is 34.1 Å². The standard InChI is InChI=1S/C11H19N3O2S/c1-5-15-6-7(2)16-11-9(10(12)17)8(3)13-14(11)4/h7H,5-6H2,1-4H3,(H2,12,17). The first kappa shape index (κ1) is 13.9. The predicted octanol–water partition coefficient (Wildman–Crippen LogP) is 1.17. The smallest absolute Gasteiger partial charge is 0.222 e. The molecular formula is C11H19N3O2S. The molecule has 0 saturated carbocycles. The van der Waals surface area contributed by atoms with Crippen molar-refractivity contribution >= 4 is 17.2 Å². The maximum Gasteiger partial charge on any atom is 0.222 e. The van der Waals surface area contributed by atoms with Crippen LogP contribution in [0.2, 0.25) is 0 Å². The second kappa shape index (κ2) is 5.97. The van der Waals surface area contributed by atoms with Gasteiger partial charge in [0.15, 0.2) is 0 Å². The number of rotatable bonds is 6. The van der Waals surface area contributed by atoms with Crippen molar-refractivity contribution in [3.05, 3.63) is 11.3 Å². The quantitative estimate of drug-likeness (QED) is 0.775. The predicted molar refractivity (Wildman–Crippen MR) is 70.4 cm³/mol. The Morgan fingerprint density at radius 1 is 1.59 bits per heavy atom. The summed E-state index contributed by atoms with van der Waals surface area (Å²) in [5.74, 6) is 0.599. The average molecular weight is 257 g/mol. The fourth-order valence-corrected chi connectivity index (χ4v) is 1.80. The SMILES string of the molecule is CCOCC(C)Oc1c(C(N)=S)c(C)nn1C. The lowest BCUT2D eigenvalue weighted by molar-refractivity contribution is 0.0610. The van der Waals surface area contributed by atoms with Crippen LogP contribution in [0.1, 0.15) is 25.1 Å². The van der Waals surface area contributed by atoms with Crippen molar-refractivity contribution in [2.24, 2.45) is 12.8 Å². The molecule has 0 radical (unpaired) electrons. The lowest BCUT2D eigenvalue weighted by Gasteiger charge is -2.15. The molecule has 96 valence electrons. The van der Waals surface area contributed by atoms with Crippen LogP contribution in [-0.2, 0) is 11.8 Å². The van der Waals surface area contributed by atoms with Crippen LogP contribution in [0.15, 0.2) is 0 Å². The number of aromatic nitrogens is 2.